The van der Waals surface area contributed by atoms with Crippen LogP contribution in [0, 0.1) is 0 Å². The molecule has 1 N–H and O–H groups in total. The molecular formula is C23H19ClN4O2S. The van der Waals surface area contributed by atoms with Gasteiger partial charge in [0.05, 0.1) is 22.2 Å². The van der Waals surface area contributed by atoms with E-state index < -0.39 is 0 Å². The molecule has 0 aliphatic carbocycles. The Kier molecular flexibility index (Phi) is 5.21. The average molecular weight is 451 g/mol. The van der Waals surface area contributed by atoms with Crippen LogP contribution in [0.1, 0.15) is 22.8 Å². The summed E-state index contributed by atoms with van der Waals surface area (Å²) in [5.74, 6) is 1.37. The summed E-state index contributed by atoms with van der Waals surface area (Å²) in [6.45, 7) is 3.03. The second-order valence-electron chi connectivity index (χ2n) is 7.11. The van der Waals surface area contributed by atoms with Crippen LogP contribution in [0.4, 0.5) is 0 Å². The maximum absolute atomic E-state index is 12.2. The highest BCUT2D eigenvalue weighted by molar-refractivity contribution is 7.19. The number of halogens is 1. The number of hydrogen-bond donors (Lipinski definition) is 1. The number of aromatic nitrogens is 3. The number of fused-ring (bicyclic) bond motifs is 3. The lowest BCUT2D eigenvalue weighted by Crippen LogP contribution is -2.22. The van der Waals surface area contributed by atoms with Gasteiger partial charge in [0.2, 0.25) is 0 Å². The van der Waals surface area contributed by atoms with Gasteiger partial charge in [-0.1, -0.05) is 23.7 Å². The van der Waals surface area contributed by atoms with E-state index in [9.17, 15) is 4.79 Å². The molecule has 1 aliphatic heterocycles. The van der Waals surface area contributed by atoms with Gasteiger partial charge in [0.25, 0.3) is 5.91 Å². The Labute approximate surface area is 188 Å². The number of para-hydroxylation sites is 1. The van der Waals surface area contributed by atoms with Crippen molar-refractivity contribution in [3.8, 4) is 32.6 Å². The zero-order valence-electron chi connectivity index (χ0n) is 16.8. The number of benzene rings is 2. The standard InChI is InChI=1S/C23H19ClN4O2S/c1-2-25-23(29)15-7-8-16-19(11-15)30-10-9-14-12-20(31-21(14)16)22-27-26-13-28(22)18-6-4-3-5-17(18)24/h3-8,11-13H,2,9-10H2,1H3,(H,25,29). The maximum Gasteiger partial charge on any atom is 0.251 e. The summed E-state index contributed by atoms with van der Waals surface area (Å²) < 4.78 is 7.88. The van der Waals surface area contributed by atoms with Crippen LogP contribution in [0.15, 0.2) is 54.9 Å². The SMILES string of the molecule is CCNC(=O)c1ccc2c(c1)OCCc1cc(-c3nncn3-c3ccccc3Cl)sc1-2. The highest BCUT2D eigenvalue weighted by Gasteiger charge is 2.23. The van der Waals surface area contributed by atoms with Crippen molar-refractivity contribution in [1.29, 1.82) is 0 Å². The zero-order chi connectivity index (χ0) is 21.4. The smallest absolute Gasteiger partial charge is 0.251 e. The third-order valence-corrected chi connectivity index (χ3v) is 6.67. The van der Waals surface area contributed by atoms with Gasteiger partial charge in [-0.05, 0) is 48.9 Å². The lowest BCUT2D eigenvalue weighted by atomic mass is 10.0. The Morgan fingerprint density at radius 2 is 2.13 bits per heavy atom. The molecular weight excluding hydrogens is 432 g/mol. The zero-order valence-corrected chi connectivity index (χ0v) is 18.3. The lowest BCUT2D eigenvalue weighted by Gasteiger charge is -2.10. The van der Waals surface area contributed by atoms with Crippen molar-refractivity contribution >= 4 is 28.8 Å². The van der Waals surface area contributed by atoms with Crippen LogP contribution in [-0.4, -0.2) is 33.8 Å². The molecule has 5 rings (SSSR count). The van der Waals surface area contributed by atoms with Crippen LogP contribution in [-0.2, 0) is 6.42 Å². The van der Waals surface area contributed by atoms with Crippen LogP contribution in [0.3, 0.4) is 0 Å². The van der Waals surface area contributed by atoms with E-state index in [1.165, 1.54) is 5.56 Å². The summed E-state index contributed by atoms with van der Waals surface area (Å²) in [6.07, 6.45) is 2.45. The first-order chi connectivity index (χ1) is 15.2. The van der Waals surface area contributed by atoms with Crippen molar-refractivity contribution in [2.45, 2.75) is 13.3 Å². The Hall–Kier alpha value is -3.16. The fraction of sp³-hybridized carbons (Fsp3) is 0.174. The summed E-state index contributed by atoms with van der Waals surface area (Å²) in [7, 11) is 0. The number of carbonyl (C=O) groups is 1. The first kappa shape index (κ1) is 19.8. The number of rotatable bonds is 4. The number of hydrogen-bond acceptors (Lipinski definition) is 5. The average Bonchev–Trinajstić information content (AvgIpc) is 3.38. The first-order valence-corrected chi connectivity index (χ1v) is 11.2. The van der Waals surface area contributed by atoms with Crippen LogP contribution < -0.4 is 10.1 Å². The van der Waals surface area contributed by atoms with Gasteiger partial charge in [-0.3, -0.25) is 9.36 Å². The van der Waals surface area contributed by atoms with E-state index in [0.717, 1.165) is 39.0 Å². The Balaban J connectivity index is 1.57. The number of nitrogens with one attached hydrogen (secondary N) is 1. The third kappa shape index (κ3) is 3.60. The van der Waals surface area contributed by atoms with E-state index in [4.69, 9.17) is 16.3 Å². The molecule has 0 saturated carbocycles. The van der Waals surface area contributed by atoms with Gasteiger partial charge in [-0.25, -0.2) is 0 Å². The third-order valence-electron chi connectivity index (χ3n) is 5.14. The van der Waals surface area contributed by atoms with Crippen molar-refractivity contribution < 1.29 is 9.53 Å². The Morgan fingerprint density at radius 3 is 2.97 bits per heavy atom. The fourth-order valence-electron chi connectivity index (χ4n) is 3.68. The Bertz CT molecular complexity index is 1280. The second kappa shape index (κ2) is 8.17. The summed E-state index contributed by atoms with van der Waals surface area (Å²) in [4.78, 5) is 14.4. The summed E-state index contributed by atoms with van der Waals surface area (Å²) >= 11 is 8.05. The predicted octanol–water partition coefficient (Wildman–Crippen LogP) is 5.00. The first-order valence-electron chi connectivity index (χ1n) is 9.99. The van der Waals surface area contributed by atoms with Crippen molar-refractivity contribution in [2.75, 3.05) is 13.2 Å². The number of amides is 1. The fourth-order valence-corrected chi connectivity index (χ4v) is 5.13. The second-order valence-corrected chi connectivity index (χ2v) is 8.57. The van der Waals surface area contributed by atoms with E-state index in [0.29, 0.717) is 23.7 Å². The number of carbonyl (C=O) groups excluding carboxylic acids is 1. The number of ether oxygens (including phenoxy) is 1. The van der Waals surface area contributed by atoms with Crippen LogP contribution >= 0.6 is 22.9 Å². The van der Waals surface area contributed by atoms with E-state index in [1.54, 1.807) is 17.7 Å². The van der Waals surface area contributed by atoms with Crippen molar-refractivity contribution in [3.05, 3.63) is 71.0 Å². The highest BCUT2D eigenvalue weighted by Crippen LogP contribution is 2.44. The van der Waals surface area contributed by atoms with Crippen LogP contribution in [0.2, 0.25) is 5.02 Å². The van der Waals surface area contributed by atoms with Gasteiger partial charge in [0.15, 0.2) is 5.82 Å². The molecule has 0 radical (unpaired) electrons. The minimum Gasteiger partial charge on any atom is -0.493 e. The molecule has 156 valence electrons. The summed E-state index contributed by atoms with van der Waals surface area (Å²) in [5.41, 5.74) is 3.61. The van der Waals surface area contributed by atoms with Crippen molar-refractivity contribution in [3.63, 3.8) is 0 Å². The highest BCUT2D eigenvalue weighted by atomic mass is 35.5. The van der Waals surface area contributed by atoms with Gasteiger partial charge in [-0.2, -0.15) is 0 Å². The maximum atomic E-state index is 12.2. The molecule has 31 heavy (non-hydrogen) atoms. The molecule has 6 nitrogen and oxygen atoms in total. The van der Waals surface area contributed by atoms with E-state index in [-0.39, 0.29) is 5.91 Å². The van der Waals surface area contributed by atoms with Gasteiger partial charge >= 0.3 is 0 Å². The largest absolute Gasteiger partial charge is 0.493 e. The molecule has 0 saturated heterocycles. The molecule has 0 unspecified atom stereocenters. The van der Waals surface area contributed by atoms with Crippen LogP contribution in [0.25, 0.3) is 26.8 Å². The monoisotopic (exact) mass is 450 g/mol. The Morgan fingerprint density at radius 1 is 1.26 bits per heavy atom. The molecule has 0 spiro atoms. The minimum absolute atomic E-state index is 0.0990. The van der Waals surface area contributed by atoms with E-state index in [1.807, 2.05) is 54.0 Å². The van der Waals surface area contributed by atoms with Gasteiger partial charge in [-0.15, -0.1) is 21.5 Å². The molecule has 4 aromatic rings. The molecule has 1 aliphatic rings. The molecule has 2 aromatic carbocycles. The molecule has 2 aromatic heterocycles. The van der Waals surface area contributed by atoms with E-state index >= 15 is 0 Å². The normalized spacial score (nSPS) is 12.5. The molecule has 1 amide bonds. The van der Waals surface area contributed by atoms with Gasteiger partial charge in [0.1, 0.15) is 12.1 Å². The summed E-state index contributed by atoms with van der Waals surface area (Å²) in [5, 5.41) is 12.0. The van der Waals surface area contributed by atoms with Crippen molar-refractivity contribution in [1.82, 2.24) is 20.1 Å². The van der Waals surface area contributed by atoms with E-state index in [2.05, 4.69) is 21.6 Å². The van der Waals surface area contributed by atoms with Gasteiger partial charge < -0.3 is 10.1 Å². The predicted molar refractivity (Wildman–Crippen MR) is 122 cm³/mol. The van der Waals surface area contributed by atoms with Crippen molar-refractivity contribution in [2.24, 2.45) is 0 Å². The molecule has 3 heterocycles. The number of thiophene rings is 1. The molecule has 8 heteroatoms. The quantitative estimate of drug-likeness (QED) is 0.475. The van der Waals surface area contributed by atoms with Gasteiger partial charge in [0, 0.05) is 29.0 Å². The molecule has 0 atom stereocenters. The molecule has 0 fully saturated rings. The molecule has 0 bridgehead atoms. The lowest BCUT2D eigenvalue weighted by molar-refractivity contribution is 0.0955. The number of nitrogens with zero attached hydrogens (tertiary/aromatic N) is 3. The minimum atomic E-state index is -0.0990. The van der Waals surface area contributed by atoms with Crippen LogP contribution in [0.5, 0.6) is 5.75 Å². The topological polar surface area (TPSA) is 69.0 Å². The summed E-state index contributed by atoms with van der Waals surface area (Å²) in [6, 6.07) is 15.4.